The van der Waals surface area contributed by atoms with Gasteiger partial charge >= 0.3 is 0 Å². The Morgan fingerprint density at radius 3 is 2.26 bits per heavy atom. The van der Waals surface area contributed by atoms with Gasteiger partial charge in [0.15, 0.2) is 0 Å². The number of nitrogens with one attached hydrogen (secondary N) is 1. The van der Waals surface area contributed by atoms with Gasteiger partial charge in [-0.05, 0) is 62.1 Å². The topological polar surface area (TPSA) is 77.2 Å². The molecular weight excluding hydrogens is 390 g/mol. The quantitative estimate of drug-likeness (QED) is 0.543. The Bertz CT molecular complexity index is 996. The molecule has 0 aliphatic heterocycles. The summed E-state index contributed by atoms with van der Waals surface area (Å²) in [5, 5.41) is 11.2. The Morgan fingerprint density at radius 1 is 1.00 bits per heavy atom. The zero-order chi connectivity index (χ0) is 21.6. The van der Waals surface area contributed by atoms with Crippen LogP contribution >= 0.6 is 0 Å². The highest BCUT2D eigenvalue weighted by atomic mass is 16.5. The van der Waals surface area contributed by atoms with Crippen molar-refractivity contribution in [3.8, 4) is 22.9 Å². The first-order valence-corrected chi connectivity index (χ1v) is 11.0. The largest absolute Gasteiger partial charge is 0.416 e. The number of benzene rings is 2. The number of ether oxygens (including phenoxy) is 1. The highest BCUT2D eigenvalue weighted by Crippen LogP contribution is 2.26. The summed E-state index contributed by atoms with van der Waals surface area (Å²) in [6.45, 7) is 5.33. The third kappa shape index (κ3) is 5.39. The highest BCUT2D eigenvalue weighted by molar-refractivity contribution is 5.94. The molecule has 1 N–H and O–H groups in total. The van der Waals surface area contributed by atoms with E-state index in [1.807, 2.05) is 43.3 Å². The molecule has 6 heteroatoms. The van der Waals surface area contributed by atoms with E-state index in [0.717, 1.165) is 17.5 Å². The van der Waals surface area contributed by atoms with Crippen LogP contribution in [0.2, 0.25) is 0 Å². The smallest absolute Gasteiger partial charge is 0.251 e. The van der Waals surface area contributed by atoms with E-state index in [9.17, 15) is 4.79 Å². The van der Waals surface area contributed by atoms with E-state index < -0.39 is 0 Å². The second kappa shape index (κ2) is 9.88. The number of hydrogen-bond donors (Lipinski definition) is 1. The van der Waals surface area contributed by atoms with Gasteiger partial charge in [-0.15, -0.1) is 10.2 Å². The lowest BCUT2D eigenvalue weighted by Crippen LogP contribution is -2.31. The second-order valence-corrected chi connectivity index (χ2v) is 8.28. The molecule has 1 amide bonds. The molecule has 4 rings (SSSR count). The Morgan fingerprint density at radius 2 is 1.61 bits per heavy atom. The van der Waals surface area contributed by atoms with Crippen molar-refractivity contribution in [2.75, 3.05) is 13.2 Å². The van der Waals surface area contributed by atoms with E-state index in [0.29, 0.717) is 42.5 Å². The summed E-state index contributed by atoms with van der Waals surface area (Å²) in [7, 11) is 0. The molecule has 0 bridgehead atoms. The summed E-state index contributed by atoms with van der Waals surface area (Å²) in [5.41, 5.74) is 3.42. The van der Waals surface area contributed by atoms with Gasteiger partial charge in [-0.3, -0.25) is 4.79 Å². The summed E-state index contributed by atoms with van der Waals surface area (Å²) in [6, 6.07) is 15.1. The van der Waals surface area contributed by atoms with Gasteiger partial charge in [0.2, 0.25) is 11.8 Å². The molecule has 162 valence electrons. The van der Waals surface area contributed by atoms with E-state index in [1.54, 1.807) is 12.1 Å². The number of amides is 1. The molecular formula is C25H29N3O3. The lowest BCUT2D eigenvalue weighted by Gasteiger charge is -2.28. The van der Waals surface area contributed by atoms with E-state index in [2.05, 4.69) is 22.4 Å². The molecule has 2 unspecified atom stereocenters. The summed E-state index contributed by atoms with van der Waals surface area (Å²) >= 11 is 0. The SMILES string of the molecule is Cc1ccc(-c2nnc(-c3ccc(C(=O)NCCOC4CCCCC4C)cc3)o2)cc1. The molecule has 1 saturated carbocycles. The van der Waals surface area contributed by atoms with Gasteiger partial charge in [0, 0.05) is 23.2 Å². The van der Waals surface area contributed by atoms with Gasteiger partial charge in [-0.25, -0.2) is 0 Å². The Hall–Kier alpha value is -2.99. The number of carbonyl (C=O) groups excluding carboxylic acids is 1. The molecule has 6 nitrogen and oxygen atoms in total. The third-order valence-corrected chi connectivity index (χ3v) is 5.87. The van der Waals surface area contributed by atoms with Gasteiger partial charge in [-0.2, -0.15) is 0 Å². The number of rotatable bonds is 7. The van der Waals surface area contributed by atoms with Gasteiger partial charge in [0.05, 0.1) is 12.7 Å². The van der Waals surface area contributed by atoms with Crippen molar-refractivity contribution in [3.63, 3.8) is 0 Å². The minimum Gasteiger partial charge on any atom is -0.416 e. The van der Waals surface area contributed by atoms with Gasteiger partial charge in [0.25, 0.3) is 5.91 Å². The predicted octanol–water partition coefficient (Wildman–Crippen LogP) is 5.04. The molecule has 1 aromatic heterocycles. The maximum atomic E-state index is 12.4. The maximum absolute atomic E-state index is 12.4. The van der Waals surface area contributed by atoms with Crippen molar-refractivity contribution in [3.05, 3.63) is 59.7 Å². The first-order chi connectivity index (χ1) is 15.1. The number of aryl methyl sites for hydroxylation is 1. The first kappa shape index (κ1) is 21.2. The Kier molecular flexibility index (Phi) is 6.77. The third-order valence-electron chi connectivity index (χ3n) is 5.87. The standard InChI is InChI=1S/C25H29N3O3/c1-17-7-9-20(10-8-17)24-27-28-25(31-24)21-13-11-19(12-14-21)23(29)26-15-16-30-22-6-4-3-5-18(22)2/h7-14,18,22H,3-6,15-16H2,1-2H3,(H,26,29). The molecule has 1 aliphatic rings. The van der Waals surface area contributed by atoms with Crippen LogP contribution < -0.4 is 5.32 Å². The monoisotopic (exact) mass is 419 g/mol. The van der Waals surface area contributed by atoms with Gasteiger partial charge in [-0.1, -0.05) is 37.5 Å². The van der Waals surface area contributed by atoms with Crippen molar-refractivity contribution in [1.29, 1.82) is 0 Å². The van der Waals surface area contributed by atoms with Crippen LogP contribution in [-0.4, -0.2) is 35.4 Å². The average Bonchev–Trinajstić information content (AvgIpc) is 3.28. The second-order valence-electron chi connectivity index (χ2n) is 8.28. The molecule has 2 atom stereocenters. The van der Waals surface area contributed by atoms with Gasteiger partial charge < -0.3 is 14.5 Å². The van der Waals surface area contributed by atoms with E-state index in [1.165, 1.54) is 24.8 Å². The normalized spacial score (nSPS) is 18.6. The summed E-state index contributed by atoms with van der Waals surface area (Å²) in [5.74, 6) is 1.40. The number of carbonyl (C=O) groups is 1. The van der Waals surface area contributed by atoms with Crippen LogP contribution in [0.5, 0.6) is 0 Å². The zero-order valence-corrected chi connectivity index (χ0v) is 18.1. The predicted molar refractivity (Wildman–Crippen MR) is 120 cm³/mol. The molecule has 0 radical (unpaired) electrons. The van der Waals surface area contributed by atoms with Crippen LogP contribution in [0, 0.1) is 12.8 Å². The van der Waals surface area contributed by atoms with Crippen molar-refractivity contribution in [1.82, 2.24) is 15.5 Å². The minimum atomic E-state index is -0.113. The molecule has 0 spiro atoms. The fourth-order valence-corrected chi connectivity index (χ4v) is 3.92. The Labute approximate surface area is 183 Å². The van der Waals surface area contributed by atoms with Crippen molar-refractivity contribution >= 4 is 5.91 Å². The highest BCUT2D eigenvalue weighted by Gasteiger charge is 2.21. The summed E-state index contributed by atoms with van der Waals surface area (Å²) < 4.78 is 11.8. The first-order valence-electron chi connectivity index (χ1n) is 11.0. The Balaban J connectivity index is 1.29. The fourth-order valence-electron chi connectivity index (χ4n) is 3.92. The molecule has 2 aromatic carbocycles. The molecule has 3 aromatic rings. The zero-order valence-electron chi connectivity index (χ0n) is 18.1. The number of hydrogen-bond acceptors (Lipinski definition) is 5. The fraction of sp³-hybridized carbons (Fsp3) is 0.400. The lowest BCUT2D eigenvalue weighted by molar-refractivity contribution is -0.00293. The minimum absolute atomic E-state index is 0.113. The van der Waals surface area contributed by atoms with Crippen LogP contribution in [0.25, 0.3) is 22.9 Å². The van der Waals surface area contributed by atoms with Gasteiger partial charge in [0.1, 0.15) is 0 Å². The average molecular weight is 420 g/mol. The van der Waals surface area contributed by atoms with Crippen LogP contribution in [0.1, 0.15) is 48.5 Å². The van der Waals surface area contributed by atoms with Crippen LogP contribution in [0.15, 0.2) is 52.9 Å². The molecule has 1 heterocycles. The van der Waals surface area contributed by atoms with Crippen LogP contribution in [-0.2, 0) is 4.74 Å². The molecule has 1 aliphatic carbocycles. The molecule has 1 fully saturated rings. The summed E-state index contributed by atoms with van der Waals surface area (Å²) in [6.07, 6.45) is 5.21. The van der Waals surface area contributed by atoms with Crippen LogP contribution in [0.3, 0.4) is 0 Å². The number of nitrogens with zero attached hydrogens (tertiary/aromatic N) is 2. The van der Waals surface area contributed by atoms with E-state index >= 15 is 0 Å². The van der Waals surface area contributed by atoms with Crippen molar-refractivity contribution < 1.29 is 13.9 Å². The summed E-state index contributed by atoms with van der Waals surface area (Å²) in [4.78, 5) is 12.4. The molecule has 31 heavy (non-hydrogen) atoms. The number of aromatic nitrogens is 2. The van der Waals surface area contributed by atoms with Crippen LogP contribution in [0.4, 0.5) is 0 Å². The maximum Gasteiger partial charge on any atom is 0.251 e. The van der Waals surface area contributed by atoms with E-state index in [4.69, 9.17) is 9.15 Å². The van der Waals surface area contributed by atoms with Crippen molar-refractivity contribution in [2.45, 2.75) is 45.6 Å². The van der Waals surface area contributed by atoms with E-state index in [-0.39, 0.29) is 5.91 Å². The van der Waals surface area contributed by atoms with Crippen molar-refractivity contribution in [2.24, 2.45) is 5.92 Å². The molecule has 0 saturated heterocycles. The lowest BCUT2D eigenvalue weighted by atomic mass is 9.88.